The number of anilines is 1. The van der Waals surface area contributed by atoms with Crippen molar-refractivity contribution in [3.8, 4) is 0 Å². The van der Waals surface area contributed by atoms with Crippen LogP contribution < -0.4 is 10.4 Å². The molecule has 110 valence electrons. The normalized spacial score (nSPS) is 19.5. The number of para-hydroxylation sites is 1. The van der Waals surface area contributed by atoms with Gasteiger partial charge in [-0.3, -0.25) is 20.1 Å². The molecule has 1 aromatic carbocycles. The number of hydroxylamine groups is 1. The Morgan fingerprint density at radius 2 is 1.81 bits per heavy atom. The quantitative estimate of drug-likeness (QED) is 0.660. The van der Waals surface area contributed by atoms with Crippen molar-refractivity contribution >= 4 is 29.5 Å². The maximum absolute atomic E-state index is 10.7. The smallest absolute Gasteiger partial charge is 0.332 e. The summed E-state index contributed by atoms with van der Waals surface area (Å²) in [4.78, 5) is 31.0. The first-order valence-corrected chi connectivity index (χ1v) is 6.30. The van der Waals surface area contributed by atoms with Gasteiger partial charge in [-0.1, -0.05) is 24.3 Å². The molecule has 2 aliphatic rings. The molecule has 3 N–H and O–H groups in total. The number of aliphatic carboxylic acids is 1. The summed E-state index contributed by atoms with van der Waals surface area (Å²) in [6.07, 6.45) is 3.89. The second-order valence-corrected chi connectivity index (χ2v) is 4.52. The molecule has 0 saturated carbocycles. The van der Waals surface area contributed by atoms with Gasteiger partial charge in [0.15, 0.2) is 6.04 Å². The van der Waals surface area contributed by atoms with E-state index in [9.17, 15) is 19.6 Å². The zero-order chi connectivity index (χ0) is 15.4. The van der Waals surface area contributed by atoms with Crippen molar-refractivity contribution in [3.05, 3.63) is 35.9 Å². The number of nitrogens with one attached hydrogen (secondary N) is 1. The van der Waals surface area contributed by atoms with Gasteiger partial charge < -0.3 is 5.11 Å². The molecule has 7 nitrogen and oxygen atoms in total. The minimum absolute atomic E-state index is 0.148. The number of carboxylic acids is 1. The minimum Gasteiger partial charge on any atom is -0.479 e. The Kier molecular flexibility index (Phi) is 4.34. The standard InChI is InChI=1S/C10H9NO3.C4H5NO2/c12-10(13)9-6-5-7-3-1-2-4-8(7)11(9)14;6-3-1-2-4(7)5-3/h1-6,9,14H,(H,12,13);1-2H2,(H,5,6,7). The molecule has 1 fully saturated rings. The van der Waals surface area contributed by atoms with Crippen molar-refractivity contribution in [3.63, 3.8) is 0 Å². The second kappa shape index (κ2) is 6.19. The van der Waals surface area contributed by atoms with Crippen LogP contribution in [0.4, 0.5) is 5.69 Å². The number of hydrogen-bond acceptors (Lipinski definition) is 5. The van der Waals surface area contributed by atoms with Crippen LogP contribution in [-0.4, -0.2) is 34.1 Å². The fraction of sp³-hybridized carbons (Fsp3) is 0.214. The van der Waals surface area contributed by atoms with E-state index in [1.54, 1.807) is 18.2 Å². The van der Waals surface area contributed by atoms with Gasteiger partial charge in [0.2, 0.25) is 11.8 Å². The molecule has 2 heterocycles. The molecule has 0 aliphatic carbocycles. The highest BCUT2D eigenvalue weighted by Crippen LogP contribution is 2.26. The van der Waals surface area contributed by atoms with Gasteiger partial charge in [-0.05, 0) is 17.7 Å². The number of benzene rings is 1. The lowest BCUT2D eigenvalue weighted by Gasteiger charge is -2.26. The zero-order valence-corrected chi connectivity index (χ0v) is 11.0. The second-order valence-electron chi connectivity index (χ2n) is 4.52. The highest BCUT2D eigenvalue weighted by molar-refractivity contribution is 6.01. The van der Waals surface area contributed by atoms with E-state index in [2.05, 4.69) is 5.32 Å². The molecule has 0 bridgehead atoms. The van der Waals surface area contributed by atoms with Crippen LogP contribution in [-0.2, 0) is 14.4 Å². The van der Waals surface area contributed by atoms with Crippen molar-refractivity contribution in [2.75, 3.05) is 5.06 Å². The van der Waals surface area contributed by atoms with Gasteiger partial charge in [0.05, 0.1) is 5.69 Å². The Hall–Kier alpha value is -2.67. The molecule has 2 amide bonds. The van der Waals surface area contributed by atoms with E-state index in [0.29, 0.717) is 18.5 Å². The summed E-state index contributed by atoms with van der Waals surface area (Å²) in [6, 6.07) is 6.07. The van der Waals surface area contributed by atoms with E-state index in [4.69, 9.17) is 5.11 Å². The largest absolute Gasteiger partial charge is 0.479 e. The van der Waals surface area contributed by atoms with Crippen LogP contribution in [0, 0.1) is 0 Å². The third-order valence-electron chi connectivity index (χ3n) is 3.02. The summed E-state index contributed by atoms with van der Waals surface area (Å²) in [5.41, 5.74) is 1.33. The summed E-state index contributed by atoms with van der Waals surface area (Å²) >= 11 is 0. The zero-order valence-electron chi connectivity index (χ0n) is 11.0. The molecule has 7 heteroatoms. The number of fused-ring (bicyclic) bond motifs is 1. The van der Waals surface area contributed by atoms with Gasteiger partial charge >= 0.3 is 5.97 Å². The number of carbonyl (C=O) groups is 3. The van der Waals surface area contributed by atoms with Crippen LogP contribution in [0.2, 0.25) is 0 Å². The maximum atomic E-state index is 10.7. The molecule has 1 saturated heterocycles. The summed E-state index contributed by atoms with van der Waals surface area (Å²) < 4.78 is 0. The summed E-state index contributed by atoms with van der Waals surface area (Å²) in [6.45, 7) is 0. The first-order valence-electron chi connectivity index (χ1n) is 6.30. The molecule has 0 spiro atoms. The van der Waals surface area contributed by atoms with Gasteiger partial charge in [0.1, 0.15) is 0 Å². The van der Waals surface area contributed by atoms with Crippen molar-refractivity contribution in [2.45, 2.75) is 18.9 Å². The van der Waals surface area contributed by atoms with Gasteiger partial charge in [0.25, 0.3) is 0 Å². The summed E-state index contributed by atoms with van der Waals surface area (Å²) in [5.74, 6) is -1.37. The van der Waals surface area contributed by atoms with E-state index in [1.807, 2.05) is 12.1 Å². The third-order valence-corrected chi connectivity index (χ3v) is 3.02. The summed E-state index contributed by atoms with van der Waals surface area (Å²) in [7, 11) is 0. The fourth-order valence-electron chi connectivity index (χ4n) is 1.96. The van der Waals surface area contributed by atoms with Crippen LogP contribution in [0.3, 0.4) is 0 Å². The number of hydrogen-bond donors (Lipinski definition) is 3. The van der Waals surface area contributed by atoms with E-state index in [1.165, 1.54) is 6.08 Å². The van der Waals surface area contributed by atoms with Crippen LogP contribution in [0.15, 0.2) is 30.3 Å². The lowest BCUT2D eigenvalue weighted by molar-refractivity contribution is -0.138. The Bertz CT molecular complexity index is 597. The number of carboxylic acid groups (broad SMARTS) is 1. The highest BCUT2D eigenvalue weighted by Gasteiger charge is 2.26. The SMILES string of the molecule is O=C(O)C1C=Cc2ccccc2N1O.O=C1CCC(=O)N1. The summed E-state index contributed by atoms with van der Waals surface area (Å²) in [5, 5.41) is 21.3. The van der Waals surface area contributed by atoms with Crippen molar-refractivity contribution in [1.29, 1.82) is 0 Å². The molecule has 1 aromatic rings. The first-order chi connectivity index (χ1) is 9.99. The van der Waals surface area contributed by atoms with E-state index in [0.717, 1.165) is 10.6 Å². The van der Waals surface area contributed by atoms with Gasteiger partial charge in [0, 0.05) is 12.8 Å². The van der Waals surface area contributed by atoms with Crippen LogP contribution in [0.1, 0.15) is 18.4 Å². The van der Waals surface area contributed by atoms with Gasteiger partial charge in [-0.15, -0.1) is 0 Å². The van der Waals surface area contributed by atoms with Crippen molar-refractivity contribution in [1.82, 2.24) is 5.32 Å². The third kappa shape index (κ3) is 3.46. The Labute approximate surface area is 120 Å². The lowest BCUT2D eigenvalue weighted by atomic mass is 10.1. The predicted octanol–water partition coefficient (Wildman–Crippen LogP) is 0.785. The van der Waals surface area contributed by atoms with Crippen LogP contribution >= 0.6 is 0 Å². The number of imide groups is 1. The Balaban J connectivity index is 0.000000194. The molecular weight excluding hydrogens is 276 g/mol. The number of amides is 2. The monoisotopic (exact) mass is 290 g/mol. The fourth-order valence-corrected chi connectivity index (χ4v) is 1.96. The van der Waals surface area contributed by atoms with E-state index < -0.39 is 12.0 Å². The van der Waals surface area contributed by atoms with Gasteiger partial charge in [-0.2, -0.15) is 0 Å². The Morgan fingerprint density at radius 3 is 2.33 bits per heavy atom. The lowest BCUT2D eigenvalue weighted by Crippen LogP contribution is -2.39. The molecule has 3 rings (SSSR count). The van der Waals surface area contributed by atoms with Crippen LogP contribution in [0.25, 0.3) is 6.08 Å². The first kappa shape index (κ1) is 14.7. The van der Waals surface area contributed by atoms with E-state index >= 15 is 0 Å². The van der Waals surface area contributed by atoms with Gasteiger partial charge in [-0.25, -0.2) is 9.86 Å². The van der Waals surface area contributed by atoms with Crippen molar-refractivity contribution in [2.24, 2.45) is 0 Å². The predicted molar refractivity (Wildman–Crippen MR) is 73.5 cm³/mol. The van der Waals surface area contributed by atoms with E-state index in [-0.39, 0.29) is 11.8 Å². The molecule has 2 aliphatic heterocycles. The number of nitrogens with zero attached hydrogens (tertiary/aromatic N) is 1. The maximum Gasteiger partial charge on any atom is 0.332 e. The van der Waals surface area contributed by atoms with Crippen molar-refractivity contribution < 1.29 is 24.7 Å². The molecule has 0 radical (unpaired) electrons. The number of carbonyl (C=O) groups excluding carboxylic acids is 2. The average molecular weight is 290 g/mol. The average Bonchev–Trinajstić information content (AvgIpc) is 2.83. The molecule has 0 aromatic heterocycles. The molecule has 1 unspecified atom stereocenters. The molecule has 1 atom stereocenters. The topological polar surface area (TPSA) is 107 Å². The minimum atomic E-state index is -1.07. The molecule has 21 heavy (non-hydrogen) atoms. The van der Waals surface area contributed by atoms with Crippen LogP contribution in [0.5, 0.6) is 0 Å². The molecular formula is C14H14N2O5. The Morgan fingerprint density at radius 1 is 1.19 bits per heavy atom. The number of rotatable bonds is 1. The highest BCUT2D eigenvalue weighted by atomic mass is 16.5.